The number of oxime groups is 1. The van der Waals surface area contributed by atoms with Crippen LogP contribution in [-0.4, -0.2) is 83.0 Å². The van der Waals surface area contributed by atoms with Crippen LogP contribution < -0.4 is 11.1 Å². The molecular weight excluding hydrogens is 530 g/mol. The van der Waals surface area contributed by atoms with Gasteiger partial charge in [-0.15, -0.1) is 23.1 Å². The summed E-state index contributed by atoms with van der Waals surface area (Å²) in [6.45, 7) is 1.72. The van der Waals surface area contributed by atoms with Crippen LogP contribution in [-0.2, 0) is 43.0 Å². The summed E-state index contributed by atoms with van der Waals surface area (Å²) in [5.74, 6) is -3.08. The van der Waals surface area contributed by atoms with E-state index >= 15 is 0 Å². The molecule has 3 heterocycles. The minimum absolute atomic E-state index is 0.0436. The van der Waals surface area contributed by atoms with Gasteiger partial charge >= 0.3 is 17.9 Å². The number of ether oxygens (including phenoxy) is 3. The molecule has 0 bridgehead atoms. The van der Waals surface area contributed by atoms with Gasteiger partial charge in [0.1, 0.15) is 36.5 Å². The van der Waals surface area contributed by atoms with E-state index in [0.717, 1.165) is 18.3 Å². The van der Waals surface area contributed by atoms with Crippen LogP contribution >= 0.6 is 23.1 Å². The third-order valence-corrected chi connectivity index (χ3v) is 6.77. The Kier molecular flexibility index (Phi) is 9.24. The van der Waals surface area contributed by atoms with Crippen molar-refractivity contribution in [3.05, 3.63) is 34.5 Å². The van der Waals surface area contributed by atoms with E-state index in [2.05, 4.69) is 20.2 Å². The van der Waals surface area contributed by atoms with Crippen molar-refractivity contribution in [3.63, 3.8) is 0 Å². The first-order chi connectivity index (χ1) is 17.6. The largest absolute Gasteiger partial charge is 0.462 e. The van der Waals surface area contributed by atoms with Crippen molar-refractivity contribution in [3.8, 4) is 0 Å². The molecule has 0 unspecified atom stereocenters. The Labute approximate surface area is 218 Å². The zero-order valence-electron chi connectivity index (χ0n) is 19.9. The van der Waals surface area contributed by atoms with E-state index in [9.17, 15) is 24.0 Å². The normalized spacial score (nSPS) is 19.2. The Morgan fingerprint density at radius 3 is 2.59 bits per heavy atom. The summed E-state index contributed by atoms with van der Waals surface area (Å²) in [5.41, 5.74) is 5.98. The molecule has 1 aromatic heterocycles. The number of nitrogens with one attached hydrogen (secondary N) is 1. The number of nitrogen functional groups attached to an aromatic ring is 1. The Morgan fingerprint density at radius 1 is 1.24 bits per heavy atom. The SMILES string of the molecule is CO/N=C(\C(=O)N[C@@H]1C(=O)N2C(C(=O)OCOC(C)=O)=C(/C=C/COC(C)=O)CS[C@@H]12)c1csc(N)n1. The number of fused-ring (bicyclic) bond motifs is 1. The highest BCUT2D eigenvalue weighted by Gasteiger charge is 2.54. The van der Waals surface area contributed by atoms with Gasteiger partial charge in [0, 0.05) is 25.0 Å². The van der Waals surface area contributed by atoms with E-state index in [1.807, 2.05) is 0 Å². The summed E-state index contributed by atoms with van der Waals surface area (Å²) >= 11 is 2.39. The summed E-state index contributed by atoms with van der Waals surface area (Å²) in [7, 11) is 1.26. The predicted octanol–water partition coefficient (Wildman–Crippen LogP) is -0.0871. The second kappa shape index (κ2) is 12.4. The average molecular weight is 554 g/mol. The van der Waals surface area contributed by atoms with E-state index in [0.29, 0.717) is 5.57 Å². The number of nitrogens with zero attached hydrogens (tertiary/aromatic N) is 3. The van der Waals surface area contributed by atoms with Crippen molar-refractivity contribution < 1.29 is 43.0 Å². The third-order valence-electron chi connectivity index (χ3n) is 4.79. The fraction of sp³-hybridized carbons (Fsp3) is 0.381. The van der Waals surface area contributed by atoms with Crippen LogP contribution in [0, 0.1) is 0 Å². The van der Waals surface area contributed by atoms with Crippen molar-refractivity contribution in [2.24, 2.45) is 5.16 Å². The second-order valence-corrected chi connectivity index (χ2v) is 9.31. The number of thioether (sulfide) groups is 1. The van der Waals surface area contributed by atoms with Crippen molar-refractivity contribution in [1.82, 2.24) is 15.2 Å². The first-order valence-corrected chi connectivity index (χ1v) is 12.5. The number of carbonyl (C=O) groups is 5. The molecule has 1 saturated heterocycles. The lowest BCUT2D eigenvalue weighted by Crippen LogP contribution is -2.71. The van der Waals surface area contributed by atoms with Crippen LogP contribution in [0.25, 0.3) is 0 Å². The van der Waals surface area contributed by atoms with Crippen molar-refractivity contribution in [2.45, 2.75) is 25.3 Å². The number of allylic oxidation sites excluding steroid dienone is 1. The van der Waals surface area contributed by atoms with Crippen LogP contribution in [0.5, 0.6) is 0 Å². The quantitative estimate of drug-likeness (QED) is 0.129. The fourth-order valence-corrected chi connectivity index (χ4v) is 5.12. The molecule has 2 aliphatic rings. The summed E-state index contributed by atoms with van der Waals surface area (Å²) in [6, 6.07) is -0.988. The molecule has 0 radical (unpaired) electrons. The van der Waals surface area contributed by atoms with E-state index in [1.165, 1.54) is 48.2 Å². The van der Waals surface area contributed by atoms with Gasteiger partial charge in [0.2, 0.25) is 6.79 Å². The molecule has 14 nitrogen and oxygen atoms in total. The predicted molar refractivity (Wildman–Crippen MR) is 131 cm³/mol. The smallest absolute Gasteiger partial charge is 0.358 e. The molecule has 37 heavy (non-hydrogen) atoms. The highest BCUT2D eigenvalue weighted by atomic mass is 32.2. The molecule has 1 fully saturated rings. The highest BCUT2D eigenvalue weighted by molar-refractivity contribution is 8.00. The molecule has 0 saturated carbocycles. The highest BCUT2D eigenvalue weighted by Crippen LogP contribution is 2.41. The summed E-state index contributed by atoms with van der Waals surface area (Å²) in [4.78, 5) is 70.8. The average Bonchev–Trinajstić information content (AvgIpc) is 3.28. The molecule has 2 amide bonds. The van der Waals surface area contributed by atoms with E-state index in [-0.39, 0.29) is 34.6 Å². The number of thiazole rings is 1. The molecule has 0 spiro atoms. The molecule has 3 rings (SSSR count). The second-order valence-electron chi connectivity index (χ2n) is 7.32. The van der Waals surface area contributed by atoms with Crippen LogP contribution in [0.3, 0.4) is 0 Å². The number of nitrogens with two attached hydrogens (primary N) is 1. The Hall–Kier alpha value is -3.92. The van der Waals surface area contributed by atoms with Crippen molar-refractivity contribution in [2.75, 3.05) is 32.0 Å². The maximum Gasteiger partial charge on any atom is 0.358 e. The van der Waals surface area contributed by atoms with Gasteiger partial charge in [-0.2, -0.15) is 0 Å². The summed E-state index contributed by atoms with van der Waals surface area (Å²) in [5, 5.41) is 7.40. The van der Waals surface area contributed by atoms with Crippen molar-refractivity contribution >= 4 is 63.7 Å². The van der Waals surface area contributed by atoms with Gasteiger partial charge in [-0.25, -0.2) is 9.78 Å². The lowest BCUT2D eigenvalue weighted by Gasteiger charge is -2.49. The molecule has 16 heteroatoms. The number of carbonyl (C=O) groups excluding carboxylic acids is 5. The number of hydrogen-bond donors (Lipinski definition) is 2. The van der Waals surface area contributed by atoms with Gasteiger partial charge in [0.15, 0.2) is 10.8 Å². The van der Waals surface area contributed by atoms with Gasteiger partial charge in [-0.1, -0.05) is 11.2 Å². The summed E-state index contributed by atoms with van der Waals surface area (Å²) in [6.07, 6.45) is 3.04. The van der Waals surface area contributed by atoms with E-state index in [4.69, 9.17) is 20.0 Å². The molecule has 2 atom stereocenters. The monoisotopic (exact) mass is 553 g/mol. The molecule has 3 N–H and O–H groups in total. The van der Waals surface area contributed by atoms with Gasteiger partial charge in [-0.3, -0.25) is 24.1 Å². The van der Waals surface area contributed by atoms with Gasteiger partial charge in [0.25, 0.3) is 11.8 Å². The Balaban J connectivity index is 1.79. The standard InChI is InChI=1S/C21H23N5O9S2/c1-10(27)33-6-4-5-12-7-36-19-15(18(30)26(19)16(12)20(31)35-9-34-11(2)28)24-17(29)14(25-32-3)13-8-37-21(22)23-13/h4-5,8,15,19H,6-7,9H2,1-3H3,(H2,22,23)(H,24,29)/b5-4+,25-14-/t15-,19+/m1/s1. The molecule has 0 aromatic carbocycles. The maximum absolute atomic E-state index is 13.1. The molecule has 2 aliphatic heterocycles. The van der Waals surface area contributed by atoms with Crippen molar-refractivity contribution in [1.29, 1.82) is 0 Å². The number of esters is 3. The van der Waals surface area contributed by atoms with E-state index in [1.54, 1.807) is 0 Å². The zero-order chi connectivity index (χ0) is 27.1. The topological polar surface area (TPSA) is 189 Å². The first kappa shape index (κ1) is 27.7. The van der Waals surface area contributed by atoms with Crippen LogP contribution in [0.1, 0.15) is 19.5 Å². The molecular formula is C21H23N5O9S2. The zero-order valence-corrected chi connectivity index (χ0v) is 21.6. The van der Waals surface area contributed by atoms with Gasteiger partial charge in [0.05, 0.1) is 0 Å². The molecule has 198 valence electrons. The number of aromatic nitrogens is 1. The number of anilines is 1. The lowest BCUT2D eigenvalue weighted by molar-refractivity contribution is -0.166. The fourth-order valence-electron chi connectivity index (χ4n) is 3.25. The molecule has 0 aliphatic carbocycles. The molecule has 1 aromatic rings. The lowest BCUT2D eigenvalue weighted by atomic mass is 10.0. The van der Waals surface area contributed by atoms with Crippen LogP contribution in [0.15, 0.2) is 34.0 Å². The Morgan fingerprint density at radius 2 is 1.97 bits per heavy atom. The van der Waals surface area contributed by atoms with Crippen LogP contribution in [0.2, 0.25) is 0 Å². The number of rotatable bonds is 10. The number of amides is 2. The van der Waals surface area contributed by atoms with Gasteiger partial charge in [-0.05, 0) is 11.6 Å². The minimum Gasteiger partial charge on any atom is -0.462 e. The first-order valence-electron chi connectivity index (χ1n) is 10.6. The summed E-state index contributed by atoms with van der Waals surface area (Å²) < 4.78 is 14.5. The maximum atomic E-state index is 13.1. The number of hydrogen-bond acceptors (Lipinski definition) is 14. The van der Waals surface area contributed by atoms with E-state index < -0.39 is 47.9 Å². The third kappa shape index (κ3) is 6.65. The van der Waals surface area contributed by atoms with Crippen LogP contribution in [0.4, 0.5) is 5.13 Å². The Bertz CT molecular complexity index is 1190. The van der Waals surface area contributed by atoms with Gasteiger partial charge < -0.3 is 30.1 Å². The minimum atomic E-state index is -0.988. The number of β-lactam (4-membered cyclic amide) rings is 1.